The molecule has 26 heavy (non-hydrogen) atoms. The summed E-state index contributed by atoms with van der Waals surface area (Å²) in [5, 5.41) is 4.35. The average Bonchev–Trinajstić information content (AvgIpc) is 3.25. The van der Waals surface area contributed by atoms with E-state index in [0.717, 1.165) is 17.7 Å². The monoisotopic (exact) mass is 355 g/mol. The lowest BCUT2D eigenvalue weighted by atomic mass is 10.0. The van der Waals surface area contributed by atoms with Gasteiger partial charge >= 0.3 is 5.97 Å². The molecule has 1 saturated heterocycles. The van der Waals surface area contributed by atoms with E-state index < -0.39 is 6.04 Å². The first-order valence-electron chi connectivity index (χ1n) is 8.95. The minimum absolute atomic E-state index is 0.144. The predicted octanol–water partition coefficient (Wildman–Crippen LogP) is 3.29. The Bertz CT molecular complexity index is 798. The summed E-state index contributed by atoms with van der Waals surface area (Å²) in [5.41, 5.74) is 2.38. The molecule has 138 valence electrons. The van der Waals surface area contributed by atoms with Crippen molar-refractivity contribution in [3.8, 4) is 0 Å². The van der Waals surface area contributed by atoms with Gasteiger partial charge in [0, 0.05) is 11.7 Å². The van der Waals surface area contributed by atoms with E-state index >= 15 is 0 Å². The molecule has 1 fully saturated rings. The van der Waals surface area contributed by atoms with Crippen LogP contribution in [-0.2, 0) is 9.53 Å². The fourth-order valence-corrected chi connectivity index (χ4v) is 3.76. The van der Waals surface area contributed by atoms with Crippen LogP contribution >= 0.6 is 0 Å². The molecule has 2 atom stereocenters. The fourth-order valence-electron chi connectivity index (χ4n) is 3.76. The van der Waals surface area contributed by atoms with Crippen molar-refractivity contribution in [3.05, 3.63) is 53.3 Å². The first-order valence-corrected chi connectivity index (χ1v) is 8.95. The van der Waals surface area contributed by atoms with Gasteiger partial charge in [0.1, 0.15) is 6.04 Å². The van der Waals surface area contributed by atoms with Gasteiger partial charge in [-0.05, 0) is 39.2 Å². The van der Waals surface area contributed by atoms with Gasteiger partial charge in [0.15, 0.2) is 0 Å². The second kappa shape index (κ2) is 7.32. The Morgan fingerprint density at radius 1 is 1.19 bits per heavy atom. The highest BCUT2D eigenvalue weighted by Crippen LogP contribution is 2.38. The van der Waals surface area contributed by atoms with E-state index in [1.54, 1.807) is 11.1 Å². The van der Waals surface area contributed by atoms with Crippen LogP contribution in [0.2, 0.25) is 0 Å². The van der Waals surface area contributed by atoms with Gasteiger partial charge in [0.05, 0.1) is 24.9 Å². The van der Waals surface area contributed by atoms with Crippen LogP contribution in [-0.4, -0.2) is 39.7 Å². The predicted molar refractivity (Wildman–Crippen MR) is 97.7 cm³/mol. The molecule has 1 aromatic carbocycles. The van der Waals surface area contributed by atoms with E-state index in [2.05, 4.69) is 5.10 Å². The molecule has 1 aliphatic rings. The van der Waals surface area contributed by atoms with Gasteiger partial charge in [-0.3, -0.25) is 9.48 Å². The lowest BCUT2D eigenvalue weighted by Crippen LogP contribution is -2.42. The Hall–Kier alpha value is -2.63. The van der Waals surface area contributed by atoms with Crippen LogP contribution in [0, 0.1) is 6.92 Å². The number of ether oxygens (including phenoxy) is 1. The van der Waals surface area contributed by atoms with Gasteiger partial charge in [0.25, 0.3) is 5.91 Å². The lowest BCUT2D eigenvalue weighted by molar-refractivity contribution is -0.145. The summed E-state index contributed by atoms with van der Waals surface area (Å²) in [7, 11) is 1.36. The highest BCUT2D eigenvalue weighted by Gasteiger charge is 2.43. The number of benzene rings is 1. The highest BCUT2D eigenvalue weighted by molar-refractivity contribution is 5.98. The lowest BCUT2D eigenvalue weighted by Gasteiger charge is -2.29. The zero-order valence-electron chi connectivity index (χ0n) is 15.7. The van der Waals surface area contributed by atoms with Crippen LogP contribution in [0.25, 0.3) is 0 Å². The number of carbonyl (C=O) groups is 2. The summed E-state index contributed by atoms with van der Waals surface area (Å²) >= 11 is 0. The molecular weight excluding hydrogens is 330 g/mol. The number of nitrogens with zero attached hydrogens (tertiary/aromatic N) is 3. The summed E-state index contributed by atoms with van der Waals surface area (Å²) in [6.07, 6.45) is 2.93. The molecular formula is C20H25N3O3. The molecule has 0 bridgehead atoms. The molecule has 1 aliphatic heterocycles. The topological polar surface area (TPSA) is 64.4 Å². The van der Waals surface area contributed by atoms with Crippen molar-refractivity contribution in [2.45, 2.75) is 51.7 Å². The second-order valence-corrected chi connectivity index (χ2v) is 6.94. The molecule has 2 aromatic rings. The number of hydrogen-bond acceptors (Lipinski definition) is 4. The Kier molecular flexibility index (Phi) is 5.11. The molecule has 3 rings (SSSR count). The van der Waals surface area contributed by atoms with E-state index in [9.17, 15) is 9.59 Å². The molecule has 6 nitrogen and oxygen atoms in total. The Morgan fingerprint density at radius 2 is 1.88 bits per heavy atom. The van der Waals surface area contributed by atoms with Crippen molar-refractivity contribution in [3.63, 3.8) is 0 Å². The van der Waals surface area contributed by atoms with Crippen molar-refractivity contribution >= 4 is 11.9 Å². The van der Waals surface area contributed by atoms with Crippen LogP contribution in [0.15, 0.2) is 36.5 Å². The Morgan fingerprint density at radius 3 is 2.46 bits per heavy atom. The SMILES string of the molecule is COC(=O)[C@@H]1CC[C@H](c2ccccc2)N1C(=O)c1cnn(C(C)C)c1C. The van der Waals surface area contributed by atoms with E-state index in [1.807, 2.05) is 55.8 Å². The quantitative estimate of drug-likeness (QED) is 0.790. The van der Waals surface area contributed by atoms with Gasteiger partial charge < -0.3 is 9.64 Å². The number of rotatable bonds is 4. The van der Waals surface area contributed by atoms with Gasteiger partial charge in [-0.15, -0.1) is 0 Å². The third-order valence-corrected chi connectivity index (χ3v) is 5.04. The molecule has 1 aromatic heterocycles. The van der Waals surface area contributed by atoms with Gasteiger partial charge in [-0.25, -0.2) is 4.79 Å². The number of likely N-dealkylation sites (tertiary alicyclic amines) is 1. The largest absolute Gasteiger partial charge is 0.467 e. The number of carbonyl (C=O) groups excluding carboxylic acids is 2. The smallest absolute Gasteiger partial charge is 0.328 e. The number of esters is 1. The van der Waals surface area contributed by atoms with Gasteiger partial charge in [-0.2, -0.15) is 5.10 Å². The van der Waals surface area contributed by atoms with Crippen molar-refractivity contribution in [2.75, 3.05) is 7.11 Å². The van der Waals surface area contributed by atoms with Crippen molar-refractivity contribution < 1.29 is 14.3 Å². The fraction of sp³-hybridized carbons (Fsp3) is 0.450. The first kappa shape index (κ1) is 18.2. The minimum Gasteiger partial charge on any atom is -0.467 e. The zero-order chi connectivity index (χ0) is 18.8. The summed E-state index contributed by atoms with van der Waals surface area (Å²) in [4.78, 5) is 27.4. The third kappa shape index (κ3) is 3.11. The van der Waals surface area contributed by atoms with E-state index in [4.69, 9.17) is 4.74 Å². The molecule has 1 amide bonds. The normalized spacial score (nSPS) is 19.8. The van der Waals surface area contributed by atoms with Crippen LogP contribution in [0.5, 0.6) is 0 Å². The zero-order valence-corrected chi connectivity index (χ0v) is 15.7. The summed E-state index contributed by atoms with van der Waals surface area (Å²) in [6, 6.07) is 9.28. The van der Waals surface area contributed by atoms with E-state index in [1.165, 1.54) is 7.11 Å². The van der Waals surface area contributed by atoms with E-state index in [-0.39, 0.29) is 24.0 Å². The maximum absolute atomic E-state index is 13.4. The number of hydrogen-bond donors (Lipinski definition) is 0. The van der Waals surface area contributed by atoms with Crippen molar-refractivity contribution in [1.29, 1.82) is 0 Å². The Balaban J connectivity index is 2.00. The van der Waals surface area contributed by atoms with Crippen LogP contribution in [0.1, 0.15) is 60.4 Å². The molecule has 0 unspecified atom stereocenters. The number of methoxy groups -OCH3 is 1. The van der Waals surface area contributed by atoms with Crippen LogP contribution < -0.4 is 0 Å². The van der Waals surface area contributed by atoms with Crippen LogP contribution in [0.3, 0.4) is 0 Å². The molecule has 0 N–H and O–H groups in total. The molecule has 0 aliphatic carbocycles. The molecule has 0 spiro atoms. The average molecular weight is 355 g/mol. The number of aromatic nitrogens is 2. The van der Waals surface area contributed by atoms with Crippen molar-refractivity contribution in [2.24, 2.45) is 0 Å². The molecule has 0 radical (unpaired) electrons. The maximum Gasteiger partial charge on any atom is 0.328 e. The standard InChI is InChI=1S/C20H25N3O3/c1-13(2)23-14(3)16(12-21-23)19(24)22-17(15-8-6-5-7-9-15)10-11-18(22)20(25)26-4/h5-9,12-13,17-18H,10-11H2,1-4H3/t17-,18+/m1/s1. The first-order chi connectivity index (χ1) is 12.5. The number of amides is 1. The molecule has 6 heteroatoms. The third-order valence-electron chi connectivity index (χ3n) is 5.04. The molecule has 0 saturated carbocycles. The maximum atomic E-state index is 13.4. The van der Waals surface area contributed by atoms with Crippen LogP contribution in [0.4, 0.5) is 0 Å². The second-order valence-electron chi connectivity index (χ2n) is 6.94. The molecule has 2 heterocycles. The van der Waals surface area contributed by atoms with Gasteiger partial charge in [-0.1, -0.05) is 30.3 Å². The summed E-state index contributed by atoms with van der Waals surface area (Å²) < 4.78 is 6.78. The minimum atomic E-state index is -0.570. The summed E-state index contributed by atoms with van der Waals surface area (Å²) in [5.74, 6) is -0.540. The Labute approximate surface area is 153 Å². The van der Waals surface area contributed by atoms with Crippen molar-refractivity contribution in [1.82, 2.24) is 14.7 Å². The van der Waals surface area contributed by atoms with Gasteiger partial charge in [0.2, 0.25) is 0 Å². The summed E-state index contributed by atoms with van der Waals surface area (Å²) in [6.45, 7) is 5.93. The highest BCUT2D eigenvalue weighted by atomic mass is 16.5. The van der Waals surface area contributed by atoms with E-state index in [0.29, 0.717) is 12.0 Å².